The van der Waals surface area contributed by atoms with Gasteiger partial charge in [0.25, 0.3) is 5.91 Å². The molecule has 0 saturated carbocycles. The molecule has 0 aromatic heterocycles. The van der Waals surface area contributed by atoms with Gasteiger partial charge in [0.1, 0.15) is 5.75 Å². The molecule has 5 nitrogen and oxygen atoms in total. The van der Waals surface area contributed by atoms with Crippen molar-refractivity contribution in [3.05, 3.63) is 60.2 Å². The third-order valence-electron chi connectivity index (χ3n) is 3.05. The minimum absolute atomic E-state index is 0.0752. The van der Waals surface area contributed by atoms with Gasteiger partial charge in [0.05, 0.1) is 0 Å². The Kier molecular flexibility index (Phi) is 5.54. The molecule has 0 saturated heterocycles. The SMILES string of the molecule is NC(=O)CCc1ccccc1NC(=O)COc1ccccc1. The van der Waals surface area contributed by atoms with Crippen LogP contribution < -0.4 is 15.8 Å². The van der Waals surface area contributed by atoms with E-state index < -0.39 is 0 Å². The Balaban J connectivity index is 1.92. The van der Waals surface area contributed by atoms with E-state index in [1.165, 1.54) is 0 Å². The summed E-state index contributed by atoms with van der Waals surface area (Å²) in [6.07, 6.45) is 0.735. The van der Waals surface area contributed by atoms with Crippen molar-refractivity contribution >= 4 is 17.5 Å². The maximum atomic E-state index is 11.9. The zero-order chi connectivity index (χ0) is 15.8. The quantitative estimate of drug-likeness (QED) is 0.821. The van der Waals surface area contributed by atoms with Gasteiger partial charge in [-0.05, 0) is 30.2 Å². The number of para-hydroxylation sites is 2. The maximum absolute atomic E-state index is 11.9. The van der Waals surface area contributed by atoms with Gasteiger partial charge < -0.3 is 15.8 Å². The minimum Gasteiger partial charge on any atom is -0.484 e. The van der Waals surface area contributed by atoms with Crippen molar-refractivity contribution in [2.24, 2.45) is 5.73 Å². The first-order chi connectivity index (χ1) is 10.6. The van der Waals surface area contributed by atoms with Gasteiger partial charge in [-0.15, -0.1) is 0 Å². The molecule has 0 radical (unpaired) electrons. The molecule has 2 amide bonds. The van der Waals surface area contributed by atoms with Crippen LogP contribution in [-0.2, 0) is 16.0 Å². The van der Waals surface area contributed by atoms with Gasteiger partial charge in [-0.25, -0.2) is 0 Å². The molecule has 0 heterocycles. The predicted octanol–water partition coefficient (Wildman–Crippen LogP) is 2.12. The Hall–Kier alpha value is -2.82. The second-order valence-electron chi connectivity index (χ2n) is 4.77. The Morgan fingerprint density at radius 3 is 2.41 bits per heavy atom. The zero-order valence-corrected chi connectivity index (χ0v) is 12.1. The highest BCUT2D eigenvalue weighted by molar-refractivity contribution is 5.92. The molecule has 0 fully saturated rings. The lowest BCUT2D eigenvalue weighted by atomic mass is 10.1. The number of anilines is 1. The highest BCUT2D eigenvalue weighted by Gasteiger charge is 2.08. The van der Waals surface area contributed by atoms with Gasteiger partial charge in [-0.3, -0.25) is 9.59 Å². The van der Waals surface area contributed by atoms with Crippen LogP contribution in [0.1, 0.15) is 12.0 Å². The first-order valence-electron chi connectivity index (χ1n) is 6.99. The molecule has 0 aliphatic heterocycles. The molecule has 0 bridgehead atoms. The summed E-state index contributed by atoms with van der Waals surface area (Å²) in [5.41, 5.74) is 6.70. The number of carbonyl (C=O) groups is 2. The van der Waals surface area contributed by atoms with E-state index in [1.807, 2.05) is 36.4 Å². The second-order valence-corrected chi connectivity index (χ2v) is 4.77. The van der Waals surface area contributed by atoms with E-state index in [9.17, 15) is 9.59 Å². The van der Waals surface area contributed by atoms with Crippen LogP contribution in [0, 0.1) is 0 Å². The van der Waals surface area contributed by atoms with Crippen molar-refractivity contribution in [2.75, 3.05) is 11.9 Å². The standard InChI is InChI=1S/C17H18N2O3/c18-16(20)11-10-13-6-4-5-9-15(13)19-17(21)12-22-14-7-2-1-3-8-14/h1-9H,10-12H2,(H2,18,20)(H,19,21). The van der Waals surface area contributed by atoms with Gasteiger partial charge in [0.15, 0.2) is 6.61 Å². The molecule has 0 spiro atoms. The summed E-state index contributed by atoms with van der Waals surface area (Å²) in [6, 6.07) is 16.4. The molecule has 0 aliphatic rings. The van der Waals surface area contributed by atoms with Gasteiger partial charge >= 0.3 is 0 Å². The number of aryl methyl sites for hydroxylation is 1. The molecule has 2 aromatic carbocycles. The molecular weight excluding hydrogens is 280 g/mol. The van der Waals surface area contributed by atoms with Gasteiger partial charge in [-0.1, -0.05) is 36.4 Å². The smallest absolute Gasteiger partial charge is 0.262 e. The Bertz CT molecular complexity index is 641. The van der Waals surface area contributed by atoms with Crippen molar-refractivity contribution in [3.8, 4) is 5.75 Å². The fourth-order valence-corrected chi connectivity index (χ4v) is 1.97. The largest absolute Gasteiger partial charge is 0.484 e. The molecule has 0 atom stereocenters. The van der Waals surface area contributed by atoms with Gasteiger partial charge in [-0.2, -0.15) is 0 Å². The van der Waals surface area contributed by atoms with Crippen LogP contribution in [0.5, 0.6) is 5.75 Å². The molecule has 114 valence electrons. The number of amides is 2. The summed E-state index contributed by atoms with van der Waals surface area (Å²) < 4.78 is 5.39. The van der Waals surface area contributed by atoms with E-state index in [0.717, 1.165) is 5.56 Å². The summed E-state index contributed by atoms with van der Waals surface area (Å²) in [6.45, 7) is -0.0752. The fraction of sp³-hybridized carbons (Fsp3) is 0.176. The van der Waals surface area contributed by atoms with E-state index in [0.29, 0.717) is 17.9 Å². The number of nitrogens with two attached hydrogens (primary N) is 1. The molecule has 3 N–H and O–H groups in total. The topological polar surface area (TPSA) is 81.4 Å². The normalized spacial score (nSPS) is 10.0. The van der Waals surface area contributed by atoms with E-state index in [2.05, 4.69) is 5.32 Å². The number of nitrogens with one attached hydrogen (secondary N) is 1. The zero-order valence-electron chi connectivity index (χ0n) is 12.1. The number of primary amides is 1. The van der Waals surface area contributed by atoms with Crippen LogP contribution in [-0.4, -0.2) is 18.4 Å². The van der Waals surface area contributed by atoms with Crippen LogP contribution in [0.15, 0.2) is 54.6 Å². The molecule has 22 heavy (non-hydrogen) atoms. The van der Waals surface area contributed by atoms with E-state index >= 15 is 0 Å². The Morgan fingerprint density at radius 2 is 1.68 bits per heavy atom. The minimum atomic E-state index is -0.367. The van der Waals surface area contributed by atoms with Crippen molar-refractivity contribution in [1.82, 2.24) is 0 Å². The van der Waals surface area contributed by atoms with E-state index in [-0.39, 0.29) is 24.8 Å². The number of carbonyl (C=O) groups excluding carboxylic acids is 2. The number of benzene rings is 2. The lowest BCUT2D eigenvalue weighted by Gasteiger charge is -2.11. The van der Waals surface area contributed by atoms with Crippen LogP contribution in [0.4, 0.5) is 5.69 Å². The maximum Gasteiger partial charge on any atom is 0.262 e. The van der Waals surface area contributed by atoms with Crippen LogP contribution in [0.3, 0.4) is 0 Å². The van der Waals surface area contributed by atoms with Crippen molar-refractivity contribution in [3.63, 3.8) is 0 Å². The first kappa shape index (κ1) is 15.6. The van der Waals surface area contributed by atoms with Crippen LogP contribution >= 0.6 is 0 Å². The molecular formula is C17H18N2O3. The van der Waals surface area contributed by atoms with E-state index in [4.69, 9.17) is 10.5 Å². The molecule has 2 rings (SSSR count). The molecule has 5 heteroatoms. The molecule has 0 aliphatic carbocycles. The van der Waals surface area contributed by atoms with Gasteiger partial charge in [0.2, 0.25) is 5.91 Å². The number of ether oxygens (including phenoxy) is 1. The number of hydrogen-bond donors (Lipinski definition) is 2. The van der Waals surface area contributed by atoms with Gasteiger partial charge in [0, 0.05) is 12.1 Å². The van der Waals surface area contributed by atoms with Crippen molar-refractivity contribution in [2.45, 2.75) is 12.8 Å². The average Bonchev–Trinajstić information content (AvgIpc) is 2.53. The summed E-state index contributed by atoms with van der Waals surface area (Å²) in [4.78, 5) is 22.8. The monoisotopic (exact) mass is 298 g/mol. The number of rotatable bonds is 7. The van der Waals surface area contributed by atoms with Crippen LogP contribution in [0.25, 0.3) is 0 Å². The molecule has 0 unspecified atom stereocenters. The summed E-state index contributed by atoms with van der Waals surface area (Å²) in [5.74, 6) is 0.0172. The average molecular weight is 298 g/mol. The predicted molar refractivity (Wildman–Crippen MR) is 84.5 cm³/mol. The fourth-order valence-electron chi connectivity index (χ4n) is 1.97. The summed E-state index contributed by atoms with van der Waals surface area (Å²) in [5, 5.41) is 2.79. The Morgan fingerprint density at radius 1 is 1.00 bits per heavy atom. The second kappa shape index (κ2) is 7.83. The van der Waals surface area contributed by atoms with Crippen molar-refractivity contribution in [1.29, 1.82) is 0 Å². The molecule has 2 aromatic rings. The first-order valence-corrected chi connectivity index (χ1v) is 6.99. The van der Waals surface area contributed by atoms with Crippen LogP contribution in [0.2, 0.25) is 0 Å². The Labute approximate surface area is 129 Å². The summed E-state index contributed by atoms with van der Waals surface area (Å²) in [7, 11) is 0. The third-order valence-corrected chi connectivity index (χ3v) is 3.05. The summed E-state index contributed by atoms with van der Waals surface area (Å²) >= 11 is 0. The lowest BCUT2D eigenvalue weighted by molar-refractivity contribution is -0.118. The van der Waals surface area contributed by atoms with Crippen molar-refractivity contribution < 1.29 is 14.3 Å². The van der Waals surface area contributed by atoms with E-state index in [1.54, 1.807) is 18.2 Å². The number of hydrogen-bond acceptors (Lipinski definition) is 3. The highest BCUT2D eigenvalue weighted by atomic mass is 16.5. The highest BCUT2D eigenvalue weighted by Crippen LogP contribution is 2.17. The third kappa shape index (κ3) is 4.94. The lowest BCUT2D eigenvalue weighted by Crippen LogP contribution is -2.21.